The van der Waals surface area contributed by atoms with E-state index >= 15 is 0 Å². The molecule has 0 bridgehead atoms. The average Bonchev–Trinajstić information content (AvgIpc) is 3.21. The fourth-order valence-corrected chi connectivity index (χ4v) is 5.71. The number of carboxylic acid groups (broad SMARTS) is 1. The molecule has 3 aromatic carbocycles. The minimum Gasteiger partial charge on any atom is -0.480 e. The van der Waals surface area contributed by atoms with E-state index in [9.17, 15) is 19.1 Å². The number of fused-ring (bicyclic) bond motifs is 3. The first-order valence-electron chi connectivity index (χ1n) is 12.9. The van der Waals surface area contributed by atoms with Gasteiger partial charge in [0.15, 0.2) is 0 Å². The molecule has 2 N–H and O–H groups in total. The molecule has 0 radical (unpaired) electrons. The Morgan fingerprint density at radius 2 is 1.76 bits per heavy atom. The van der Waals surface area contributed by atoms with Gasteiger partial charge in [-0.1, -0.05) is 67.6 Å². The van der Waals surface area contributed by atoms with Crippen LogP contribution in [0.5, 0.6) is 0 Å². The Bertz CT molecular complexity index is 1410. The van der Waals surface area contributed by atoms with Crippen molar-refractivity contribution >= 4 is 22.8 Å². The van der Waals surface area contributed by atoms with E-state index in [1.54, 1.807) is 6.07 Å². The monoisotopic (exact) mass is 498 g/mol. The lowest BCUT2D eigenvalue weighted by Gasteiger charge is -2.28. The summed E-state index contributed by atoms with van der Waals surface area (Å²) < 4.78 is 16.1. The molecule has 0 aliphatic heterocycles. The lowest BCUT2D eigenvalue weighted by Crippen LogP contribution is -2.42. The van der Waals surface area contributed by atoms with E-state index in [4.69, 9.17) is 0 Å². The van der Waals surface area contributed by atoms with E-state index in [1.807, 2.05) is 72.2 Å². The SMILES string of the molecule is CCC(C(=O)O)n1c2c(c3cc(F)ccc31)C[C@@H](NC(=O)C(Cc1ccccc1)c1ccccc1)CC2. The number of amides is 1. The highest BCUT2D eigenvalue weighted by atomic mass is 19.1. The Morgan fingerprint density at radius 3 is 2.43 bits per heavy atom. The number of rotatable bonds is 8. The van der Waals surface area contributed by atoms with Crippen LogP contribution in [-0.4, -0.2) is 27.6 Å². The maximum absolute atomic E-state index is 14.3. The molecular weight excluding hydrogens is 467 g/mol. The summed E-state index contributed by atoms with van der Waals surface area (Å²) in [5, 5.41) is 13.9. The van der Waals surface area contributed by atoms with Crippen molar-refractivity contribution in [3.63, 3.8) is 0 Å². The molecule has 0 saturated heterocycles. The zero-order chi connectivity index (χ0) is 25.9. The number of carbonyl (C=O) groups is 2. The largest absolute Gasteiger partial charge is 0.480 e. The van der Waals surface area contributed by atoms with Crippen molar-refractivity contribution in [3.8, 4) is 0 Å². The molecule has 190 valence electrons. The summed E-state index contributed by atoms with van der Waals surface area (Å²) in [6, 6.07) is 23.5. The van der Waals surface area contributed by atoms with Crippen LogP contribution in [0.15, 0.2) is 78.9 Å². The summed E-state index contributed by atoms with van der Waals surface area (Å²) >= 11 is 0. The van der Waals surface area contributed by atoms with E-state index < -0.39 is 12.0 Å². The maximum atomic E-state index is 14.3. The Labute approximate surface area is 215 Å². The summed E-state index contributed by atoms with van der Waals surface area (Å²) in [5.41, 5.74) is 4.66. The van der Waals surface area contributed by atoms with Crippen molar-refractivity contribution in [3.05, 3.63) is 107 Å². The molecule has 0 saturated carbocycles. The van der Waals surface area contributed by atoms with Crippen molar-refractivity contribution < 1.29 is 19.1 Å². The molecule has 5 rings (SSSR count). The maximum Gasteiger partial charge on any atom is 0.326 e. The highest BCUT2D eigenvalue weighted by Crippen LogP contribution is 2.36. The fourth-order valence-electron chi connectivity index (χ4n) is 5.71. The third kappa shape index (κ3) is 5.01. The van der Waals surface area contributed by atoms with Crippen molar-refractivity contribution in [2.45, 2.75) is 57.0 Å². The molecule has 4 aromatic rings. The van der Waals surface area contributed by atoms with Gasteiger partial charge in [0.25, 0.3) is 0 Å². The summed E-state index contributed by atoms with van der Waals surface area (Å²) in [4.78, 5) is 25.7. The summed E-state index contributed by atoms with van der Waals surface area (Å²) in [6.45, 7) is 1.85. The minimum atomic E-state index is -0.895. The predicted molar refractivity (Wildman–Crippen MR) is 142 cm³/mol. The van der Waals surface area contributed by atoms with Gasteiger partial charge >= 0.3 is 5.97 Å². The number of halogens is 1. The first-order valence-corrected chi connectivity index (χ1v) is 12.9. The number of nitrogens with zero attached hydrogens (tertiary/aromatic N) is 1. The van der Waals surface area contributed by atoms with Crippen molar-refractivity contribution in [2.75, 3.05) is 0 Å². The predicted octanol–water partition coefficient (Wildman–Crippen LogP) is 5.82. The van der Waals surface area contributed by atoms with Crippen molar-refractivity contribution in [1.82, 2.24) is 9.88 Å². The molecule has 1 amide bonds. The van der Waals surface area contributed by atoms with Crippen LogP contribution in [0.3, 0.4) is 0 Å². The molecule has 6 heteroatoms. The first kappa shape index (κ1) is 24.8. The van der Waals surface area contributed by atoms with Gasteiger partial charge in [-0.05, 0) is 67.0 Å². The summed E-state index contributed by atoms with van der Waals surface area (Å²) in [7, 11) is 0. The van der Waals surface area contributed by atoms with Crippen LogP contribution in [0, 0.1) is 5.82 Å². The van der Waals surface area contributed by atoms with Crippen LogP contribution in [0.4, 0.5) is 4.39 Å². The number of hydrogen-bond donors (Lipinski definition) is 2. The van der Waals surface area contributed by atoms with E-state index in [0.717, 1.165) is 33.3 Å². The number of aromatic nitrogens is 1. The van der Waals surface area contributed by atoms with E-state index in [2.05, 4.69) is 5.32 Å². The zero-order valence-electron chi connectivity index (χ0n) is 20.9. The van der Waals surface area contributed by atoms with Crippen LogP contribution in [0.2, 0.25) is 0 Å². The van der Waals surface area contributed by atoms with Gasteiger partial charge in [0.05, 0.1) is 5.92 Å². The number of nitrogens with one attached hydrogen (secondary N) is 1. The highest BCUT2D eigenvalue weighted by molar-refractivity contribution is 5.89. The lowest BCUT2D eigenvalue weighted by molar-refractivity contribution is -0.141. The second kappa shape index (κ2) is 10.6. The van der Waals surface area contributed by atoms with E-state index in [0.29, 0.717) is 32.1 Å². The second-order valence-electron chi connectivity index (χ2n) is 9.82. The average molecular weight is 499 g/mol. The quantitative estimate of drug-likeness (QED) is 0.322. The zero-order valence-corrected chi connectivity index (χ0v) is 20.9. The van der Waals surface area contributed by atoms with E-state index in [1.165, 1.54) is 12.1 Å². The second-order valence-corrected chi connectivity index (χ2v) is 9.82. The Hall–Kier alpha value is -3.93. The molecule has 0 spiro atoms. The number of hydrogen-bond acceptors (Lipinski definition) is 2. The lowest BCUT2D eigenvalue weighted by atomic mass is 9.88. The van der Waals surface area contributed by atoms with Gasteiger partial charge in [0.1, 0.15) is 11.9 Å². The van der Waals surface area contributed by atoms with Crippen molar-refractivity contribution in [1.29, 1.82) is 0 Å². The van der Waals surface area contributed by atoms with Gasteiger partial charge in [0.2, 0.25) is 5.91 Å². The third-order valence-electron chi connectivity index (χ3n) is 7.49. The molecule has 1 heterocycles. The van der Waals surface area contributed by atoms with Gasteiger partial charge in [0, 0.05) is 22.6 Å². The van der Waals surface area contributed by atoms with E-state index in [-0.39, 0.29) is 23.7 Å². The number of carboxylic acids is 1. The van der Waals surface area contributed by atoms with Gasteiger partial charge < -0.3 is 15.0 Å². The molecule has 3 atom stereocenters. The first-order chi connectivity index (χ1) is 18.0. The van der Waals surface area contributed by atoms with Crippen LogP contribution in [0.25, 0.3) is 10.9 Å². The third-order valence-corrected chi connectivity index (χ3v) is 7.49. The molecule has 1 aliphatic carbocycles. The standard InChI is InChI=1S/C31H31FN2O3/c1-2-27(31(36)37)34-28-15-13-22(32)18-25(28)26-19-23(14-16-29(26)34)33-30(35)24(21-11-7-4-8-12-21)17-20-9-5-3-6-10-20/h3-13,15,18,23-24,27H,2,14,16-17,19H2,1H3,(H,33,35)(H,36,37)/t23-,24?,27?/m0/s1. The summed E-state index contributed by atoms with van der Waals surface area (Å²) in [6.07, 6.45) is 2.88. The van der Waals surface area contributed by atoms with Gasteiger partial charge in [-0.3, -0.25) is 4.79 Å². The number of carbonyl (C=O) groups excluding carboxylic acids is 1. The van der Waals surface area contributed by atoms with Crippen molar-refractivity contribution in [2.24, 2.45) is 0 Å². The minimum absolute atomic E-state index is 0.0320. The van der Waals surface area contributed by atoms with Gasteiger partial charge in [-0.2, -0.15) is 0 Å². The fraction of sp³-hybridized carbons (Fsp3) is 0.290. The Kier molecular flexibility index (Phi) is 7.08. The normalized spacial score (nSPS) is 16.6. The summed E-state index contributed by atoms with van der Waals surface area (Å²) in [5.74, 6) is -1.61. The molecule has 5 nitrogen and oxygen atoms in total. The van der Waals surface area contributed by atoms with Crippen LogP contribution in [-0.2, 0) is 28.9 Å². The molecule has 37 heavy (non-hydrogen) atoms. The molecule has 1 aromatic heterocycles. The molecule has 2 unspecified atom stereocenters. The van der Waals surface area contributed by atoms with Crippen LogP contribution < -0.4 is 5.32 Å². The highest BCUT2D eigenvalue weighted by Gasteiger charge is 2.32. The number of benzene rings is 3. The Balaban J connectivity index is 1.44. The topological polar surface area (TPSA) is 71.3 Å². The van der Waals surface area contributed by atoms with Gasteiger partial charge in [-0.25, -0.2) is 9.18 Å². The van der Waals surface area contributed by atoms with Crippen LogP contribution in [0.1, 0.15) is 54.1 Å². The molecule has 0 fully saturated rings. The smallest absolute Gasteiger partial charge is 0.326 e. The number of aliphatic carboxylic acids is 1. The van der Waals surface area contributed by atoms with Crippen LogP contribution >= 0.6 is 0 Å². The van der Waals surface area contributed by atoms with Gasteiger partial charge in [-0.15, -0.1) is 0 Å². The Morgan fingerprint density at radius 1 is 1.05 bits per heavy atom. The molecule has 1 aliphatic rings. The molecular formula is C31H31FN2O3.